The Balaban J connectivity index is 3.13. The molecule has 0 spiro atoms. The fraction of sp³-hybridized carbons (Fsp3) is 0.750. The van der Waals surface area contributed by atoms with Crippen LogP contribution in [-0.2, 0) is 4.79 Å². The lowest BCUT2D eigenvalue weighted by Crippen LogP contribution is -2.08. The molecule has 0 radical (unpaired) electrons. The highest BCUT2D eigenvalue weighted by atomic mass is 16.4. The van der Waals surface area contributed by atoms with Gasteiger partial charge in [0.1, 0.15) is 0 Å². The largest absolute Gasteiger partial charge is 0.481 e. The van der Waals surface area contributed by atoms with Gasteiger partial charge in [-0.2, -0.15) is 0 Å². The van der Waals surface area contributed by atoms with Crippen LogP contribution in [0.4, 0.5) is 0 Å². The molecule has 0 heterocycles. The van der Waals surface area contributed by atoms with Gasteiger partial charge in [0.15, 0.2) is 0 Å². The average molecular weight is 198 g/mol. The topological polar surface area (TPSA) is 37.3 Å². The Hall–Kier alpha value is -0.790. The lowest BCUT2D eigenvalue weighted by atomic mass is 10.0. The van der Waals surface area contributed by atoms with Crippen molar-refractivity contribution in [2.45, 2.75) is 51.9 Å². The summed E-state index contributed by atoms with van der Waals surface area (Å²) in [5.74, 6) is -0.847. The smallest absolute Gasteiger partial charge is 0.306 e. The second kappa shape index (κ2) is 8.79. The Bertz CT molecular complexity index is 164. The number of hydrogen-bond acceptors (Lipinski definition) is 1. The quantitative estimate of drug-likeness (QED) is 0.454. The van der Waals surface area contributed by atoms with E-state index in [0.717, 1.165) is 25.7 Å². The normalized spacial score (nSPS) is 12.4. The van der Waals surface area contributed by atoms with Crippen molar-refractivity contribution in [1.29, 1.82) is 0 Å². The minimum atomic E-state index is -0.670. The van der Waals surface area contributed by atoms with Crippen molar-refractivity contribution >= 4 is 5.97 Å². The summed E-state index contributed by atoms with van der Waals surface area (Å²) < 4.78 is 0. The molecule has 1 unspecified atom stereocenters. The van der Waals surface area contributed by atoms with Gasteiger partial charge in [0, 0.05) is 0 Å². The van der Waals surface area contributed by atoms with Crippen molar-refractivity contribution in [2.75, 3.05) is 0 Å². The van der Waals surface area contributed by atoms with Gasteiger partial charge in [0.2, 0.25) is 0 Å². The van der Waals surface area contributed by atoms with Crippen LogP contribution in [0.2, 0.25) is 0 Å². The third kappa shape index (κ3) is 7.84. The highest BCUT2D eigenvalue weighted by Crippen LogP contribution is 2.12. The molecule has 0 aromatic carbocycles. The summed E-state index contributed by atoms with van der Waals surface area (Å²) in [5.41, 5.74) is 0. The fourth-order valence-corrected chi connectivity index (χ4v) is 1.39. The maximum Gasteiger partial charge on any atom is 0.306 e. The molecule has 0 aromatic heterocycles. The van der Waals surface area contributed by atoms with Gasteiger partial charge >= 0.3 is 5.97 Å². The van der Waals surface area contributed by atoms with E-state index in [1.807, 2.05) is 6.08 Å². The molecular formula is C12H22O2. The molecule has 0 aliphatic rings. The molecule has 2 heteroatoms. The van der Waals surface area contributed by atoms with Crippen LogP contribution in [0, 0.1) is 5.92 Å². The van der Waals surface area contributed by atoms with Gasteiger partial charge < -0.3 is 5.11 Å². The van der Waals surface area contributed by atoms with Crippen LogP contribution in [0.5, 0.6) is 0 Å². The predicted octanol–water partition coefficient (Wildman–Crippen LogP) is 3.62. The number of hydrogen-bond donors (Lipinski definition) is 1. The number of carboxylic acids is 1. The molecule has 0 amide bonds. The first-order valence-corrected chi connectivity index (χ1v) is 5.52. The summed E-state index contributed by atoms with van der Waals surface area (Å²) in [6.07, 6.45) is 9.76. The molecule has 0 aliphatic heterocycles. The van der Waals surface area contributed by atoms with E-state index in [-0.39, 0.29) is 5.92 Å². The molecule has 82 valence electrons. The Morgan fingerprint density at radius 3 is 2.43 bits per heavy atom. The van der Waals surface area contributed by atoms with Crippen LogP contribution in [0.3, 0.4) is 0 Å². The van der Waals surface area contributed by atoms with Crippen LogP contribution in [0.1, 0.15) is 51.9 Å². The maximum absolute atomic E-state index is 10.5. The number of carbonyl (C=O) groups is 1. The van der Waals surface area contributed by atoms with Crippen LogP contribution in [0.25, 0.3) is 0 Å². The summed E-state index contributed by atoms with van der Waals surface area (Å²) >= 11 is 0. The summed E-state index contributed by atoms with van der Waals surface area (Å²) in [6.45, 7) is 5.45. The Morgan fingerprint density at radius 2 is 1.86 bits per heavy atom. The van der Waals surface area contributed by atoms with Crippen LogP contribution in [-0.4, -0.2) is 11.1 Å². The molecular weight excluding hydrogens is 176 g/mol. The van der Waals surface area contributed by atoms with Crippen molar-refractivity contribution < 1.29 is 9.90 Å². The van der Waals surface area contributed by atoms with Gasteiger partial charge in [0.05, 0.1) is 5.92 Å². The van der Waals surface area contributed by atoms with Gasteiger partial charge in [-0.05, 0) is 19.3 Å². The minimum absolute atomic E-state index is 0.178. The fourth-order valence-electron chi connectivity index (χ4n) is 1.39. The SMILES string of the molecule is C=CCCCCCCCC(C)C(=O)O. The van der Waals surface area contributed by atoms with Gasteiger partial charge in [0.25, 0.3) is 0 Å². The zero-order valence-electron chi connectivity index (χ0n) is 9.17. The van der Waals surface area contributed by atoms with E-state index in [0.29, 0.717) is 0 Å². The van der Waals surface area contributed by atoms with E-state index in [1.165, 1.54) is 19.3 Å². The van der Waals surface area contributed by atoms with Gasteiger partial charge in [-0.1, -0.05) is 38.7 Å². The molecule has 0 aliphatic carbocycles. The number of aliphatic carboxylic acids is 1. The van der Waals surface area contributed by atoms with E-state index in [2.05, 4.69) is 6.58 Å². The third-order valence-corrected chi connectivity index (χ3v) is 2.47. The van der Waals surface area contributed by atoms with Crippen molar-refractivity contribution in [1.82, 2.24) is 0 Å². The molecule has 0 saturated heterocycles. The Labute approximate surface area is 87.0 Å². The van der Waals surface area contributed by atoms with E-state index in [4.69, 9.17) is 5.11 Å². The molecule has 1 atom stereocenters. The van der Waals surface area contributed by atoms with Crippen LogP contribution >= 0.6 is 0 Å². The van der Waals surface area contributed by atoms with E-state index < -0.39 is 5.97 Å². The van der Waals surface area contributed by atoms with Crippen molar-refractivity contribution in [3.8, 4) is 0 Å². The standard InChI is InChI=1S/C12H22O2/c1-3-4-5-6-7-8-9-10-11(2)12(13)14/h3,11H,1,4-10H2,2H3,(H,13,14). The van der Waals surface area contributed by atoms with Crippen LogP contribution in [0.15, 0.2) is 12.7 Å². The van der Waals surface area contributed by atoms with Crippen molar-refractivity contribution in [2.24, 2.45) is 5.92 Å². The van der Waals surface area contributed by atoms with E-state index in [9.17, 15) is 4.79 Å². The molecule has 14 heavy (non-hydrogen) atoms. The predicted molar refractivity (Wildman–Crippen MR) is 59.3 cm³/mol. The second-order valence-electron chi connectivity index (χ2n) is 3.87. The molecule has 0 saturated carbocycles. The maximum atomic E-state index is 10.5. The Morgan fingerprint density at radius 1 is 1.29 bits per heavy atom. The van der Waals surface area contributed by atoms with Crippen molar-refractivity contribution in [3.05, 3.63) is 12.7 Å². The highest BCUT2D eigenvalue weighted by molar-refractivity contribution is 5.69. The molecule has 0 fully saturated rings. The lowest BCUT2D eigenvalue weighted by molar-refractivity contribution is -0.141. The number of allylic oxidation sites excluding steroid dienone is 1. The van der Waals surface area contributed by atoms with Gasteiger partial charge in [-0.3, -0.25) is 4.79 Å². The molecule has 0 rings (SSSR count). The lowest BCUT2D eigenvalue weighted by Gasteiger charge is -2.04. The Kier molecular flexibility index (Phi) is 8.30. The summed E-state index contributed by atoms with van der Waals surface area (Å²) in [6, 6.07) is 0. The van der Waals surface area contributed by atoms with Crippen molar-refractivity contribution in [3.63, 3.8) is 0 Å². The highest BCUT2D eigenvalue weighted by Gasteiger charge is 2.09. The summed E-state index contributed by atoms with van der Waals surface area (Å²) in [5, 5.41) is 8.64. The second-order valence-corrected chi connectivity index (χ2v) is 3.87. The number of carboxylic acid groups (broad SMARTS) is 1. The average Bonchev–Trinajstić information content (AvgIpc) is 2.16. The molecule has 1 N–H and O–H groups in total. The van der Waals surface area contributed by atoms with E-state index >= 15 is 0 Å². The molecule has 2 nitrogen and oxygen atoms in total. The zero-order valence-corrected chi connectivity index (χ0v) is 9.17. The minimum Gasteiger partial charge on any atom is -0.481 e. The van der Waals surface area contributed by atoms with Crippen LogP contribution < -0.4 is 0 Å². The molecule has 0 aromatic rings. The van der Waals surface area contributed by atoms with Gasteiger partial charge in [-0.15, -0.1) is 6.58 Å². The number of unbranched alkanes of at least 4 members (excludes halogenated alkanes) is 5. The van der Waals surface area contributed by atoms with E-state index in [1.54, 1.807) is 6.92 Å². The van der Waals surface area contributed by atoms with Gasteiger partial charge in [-0.25, -0.2) is 0 Å². The summed E-state index contributed by atoms with van der Waals surface area (Å²) in [4.78, 5) is 10.5. The first-order valence-electron chi connectivity index (χ1n) is 5.52. The first kappa shape index (κ1) is 13.2. The number of rotatable bonds is 9. The monoisotopic (exact) mass is 198 g/mol. The zero-order chi connectivity index (χ0) is 10.8. The summed E-state index contributed by atoms with van der Waals surface area (Å²) in [7, 11) is 0. The first-order chi connectivity index (χ1) is 6.68. The molecule has 0 bridgehead atoms. The third-order valence-electron chi connectivity index (χ3n) is 2.47.